The number of anilines is 1. The Bertz CT molecular complexity index is 422. The van der Waals surface area contributed by atoms with Crippen LogP contribution in [0.2, 0.25) is 0 Å². The van der Waals surface area contributed by atoms with Crippen molar-refractivity contribution in [1.82, 2.24) is 4.98 Å². The van der Waals surface area contributed by atoms with E-state index < -0.39 is 0 Å². The van der Waals surface area contributed by atoms with Gasteiger partial charge in [0, 0.05) is 24.8 Å². The van der Waals surface area contributed by atoms with Crippen LogP contribution < -0.4 is 10.6 Å². The maximum absolute atomic E-state index is 9.06. The Balaban J connectivity index is 2.31. The zero-order chi connectivity index (χ0) is 11.5. The summed E-state index contributed by atoms with van der Waals surface area (Å²) in [5.74, 6) is 0.789. The van der Waals surface area contributed by atoms with Gasteiger partial charge in [0.2, 0.25) is 0 Å². The van der Waals surface area contributed by atoms with E-state index in [9.17, 15) is 0 Å². The fourth-order valence-corrected chi connectivity index (χ4v) is 2.07. The van der Waals surface area contributed by atoms with Gasteiger partial charge in [0.15, 0.2) is 0 Å². The molecule has 1 aliphatic heterocycles. The van der Waals surface area contributed by atoms with Crippen LogP contribution in [0.3, 0.4) is 0 Å². The van der Waals surface area contributed by atoms with Gasteiger partial charge in [-0.3, -0.25) is 0 Å². The first kappa shape index (κ1) is 10.9. The Morgan fingerprint density at radius 1 is 1.56 bits per heavy atom. The largest absolute Gasteiger partial charge is 0.354 e. The van der Waals surface area contributed by atoms with Gasteiger partial charge in [0.1, 0.15) is 11.9 Å². The molecule has 16 heavy (non-hydrogen) atoms. The number of nitrogens with two attached hydrogens (primary N) is 1. The van der Waals surface area contributed by atoms with Crippen molar-refractivity contribution >= 4 is 5.82 Å². The van der Waals surface area contributed by atoms with Gasteiger partial charge in [-0.05, 0) is 31.9 Å². The summed E-state index contributed by atoms with van der Waals surface area (Å²) < 4.78 is 0. The average Bonchev–Trinajstić information content (AvgIpc) is 2.29. The van der Waals surface area contributed by atoms with Crippen molar-refractivity contribution in [3.8, 4) is 6.07 Å². The average molecular weight is 216 g/mol. The lowest BCUT2D eigenvalue weighted by Crippen LogP contribution is -2.43. The Kier molecular flexibility index (Phi) is 3.07. The Morgan fingerprint density at radius 3 is 3.06 bits per heavy atom. The number of rotatable bonds is 1. The summed E-state index contributed by atoms with van der Waals surface area (Å²) in [5.41, 5.74) is 7.52. The monoisotopic (exact) mass is 216 g/mol. The molecule has 4 heteroatoms. The summed E-state index contributed by atoms with van der Waals surface area (Å²) in [4.78, 5) is 6.57. The minimum Gasteiger partial charge on any atom is -0.354 e. The molecule has 0 amide bonds. The van der Waals surface area contributed by atoms with Crippen LogP contribution in [-0.4, -0.2) is 24.1 Å². The Hall–Kier alpha value is -1.60. The summed E-state index contributed by atoms with van der Waals surface area (Å²) >= 11 is 0. The van der Waals surface area contributed by atoms with E-state index in [4.69, 9.17) is 11.0 Å². The molecule has 2 rings (SSSR count). The molecule has 0 spiro atoms. The van der Waals surface area contributed by atoms with Gasteiger partial charge < -0.3 is 10.6 Å². The van der Waals surface area contributed by atoms with Gasteiger partial charge in [-0.15, -0.1) is 0 Å². The molecule has 1 aromatic rings. The molecule has 0 saturated carbocycles. The number of aromatic nitrogens is 1. The number of nitrogens with zero attached hydrogens (tertiary/aromatic N) is 3. The number of aryl methyl sites for hydroxylation is 1. The van der Waals surface area contributed by atoms with Gasteiger partial charge in [0.25, 0.3) is 0 Å². The Morgan fingerprint density at radius 2 is 2.38 bits per heavy atom. The highest BCUT2D eigenvalue weighted by atomic mass is 15.2. The smallest absolute Gasteiger partial charge is 0.146 e. The van der Waals surface area contributed by atoms with Crippen LogP contribution in [0.5, 0.6) is 0 Å². The third kappa shape index (κ3) is 2.15. The van der Waals surface area contributed by atoms with Crippen molar-refractivity contribution in [1.29, 1.82) is 5.26 Å². The Labute approximate surface area is 95.7 Å². The normalized spacial score (nSPS) is 20.6. The van der Waals surface area contributed by atoms with E-state index in [0.717, 1.165) is 37.4 Å². The zero-order valence-electron chi connectivity index (χ0n) is 9.48. The van der Waals surface area contributed by atoms with Crippen LogP contribution in [0, 0.1) is 18.3 Å². The number of hydrogen-bond donors (Lipinski definition) is 1. The SMILES string of the molecule is Cc1ccc(C#N)c(N2CCC[C@@H](N)C2)n1. The highest BCUT2D eigenvalue weighted by Crippen LogP contribution is 2.21. The van der Waals surface area contributed by atoms with Gasteiger partial charge in [0.05, 0.1) is 5.56 Å². The topological polar surface area (TPSA) is 65.9 Å². The lowest BCUT2D eigenvalue weighted by atomic mass is 10.1. The third-order valence-corrected chi connectivity index (χ3v) is 2.89. The van der Waals surface area contributed by atoms with Gasteiger partial charge in [-0.2, -0.15) is 5.26 Å². The maximum atomic E-state index is 9.06. The standard InChI is InChI=1S/C12H16N4/c1-9-4-5-10(7-13)12(15-9)16-6-2-3-11(14)8-16/h4-5,11H,2-3,6,8,14H2,1H3/t11-/m1/s1. The van der Waals surface area contributed by atoms with Crippen LogP contribution in [0.15, 0.2) is 12.1 Å². The lowest BCUT2D eigenvalue weighted by molar-refractivity contribution is 0.503. The first-order valence-electron chi connectivity index (χ1n) is 5.59. The zero-order valence-corrected chi connectivity index (χ0v) is 9.48. The minimum atomic E-state index is 0.197. The third-order valence-electron chi connectivity index (χ3n) is 2.89. The summed E-state index contributed by atoms with van der Waals surface area (Å²) in [6, 6.07) is 6.08. The molecule has 1 aliphatic rings. The van der Waals surface area contributed by atoms with Gasteiger partial charge in [-0.1, -0.05) is 0 Å². The first-order valence-corrected chi connectivity index (χ1v) is 5.59. The molecule has 1 aromatic heterocycles. The van der Waals surface area contributed by atoms with Gasteiger partial charge in [-0.25, -0.2) is 4.98 Å². The molecule has 1 saturated heterocycles. The van der Waals surface area contributed by atoms with Crippen LogP contribution >= 0.6 is 0 Å². The van der Waals surface area contributed by atoms with Crippen LogP contribution in [-0.2, 0) is 0 Å². The molecule has 84 valence electrons. The van der Waals surface area contributed by atoms with E-state index in [1.807, 2.05) is 19.1 Å². The molecule has 4 nitrogen and oxygen atoms in total. The highest BCUT2D eigenvalue weighted by molar-refractivity contribution is 5.54. The second-order valence-corrected chi connectivity index (χ2v) is 4.28. The molecule has 1 atom stereocenters. The molecular formula is C12H16N4. The molecular weight excluding hydrogens is 200 g/mol. The van der Waals surface area contributed by atoms with Crippen molar-refractivity contribution in [3.05, 3.63) is 23.4 Å². The summed E-state index contributed by atoms with van der Waals surface area (Å²) in [7, 11) is 0. The molecule has 0 unspecified atom stereocenters. The lowest BCUT2D eigenvalue weighted by Gasteiger charge is -2.32. The van der Waals surface area contributed by atoms with E-state index in [2.05, 4.69) is 16.0 Å². The number of piperidine rings is 1. The fourth-order valence-electron chi connectivity index (χ4n) is 2.07. The maximum Gasteiger partial charge on any atom is 0.146 e. The summed E-state index contributed by atoms with van der Waals surface area (Å²) in [6.07, 6.45) is 2.13. The summed E-state index contributed by atoms with van der Waals surface area (Å²) in [6.45, 7) is 3.68. The molecule has 2 heterocycles. The second kappa shape index (κ2) is 4.50. The van der Waals surface area contributed by atoms with E-state index in [0.29, 0.717) is 5.56 Å². The van der Waals surface area contributed by atoms with Gasteiger partial charge >= 0.3 is 0 Å². The number of pyridine rings is 1. The quantitative estimate of drug-likeness (QED) is 0.765. The highest BCUT2D eigenvalue weighted by Gasteiger charge is 2.20. The van der Waals surface area contributed by atoms with Crippen molar-refractivity contribution < 1.29 is 0 Å². The molecule has 1 fully saturated rings. The first-order chi connectivity index (χ1) is 7.70. The van der Waals surface area contributed by atoms with Crippen LogP contribution in [0.1, 0.15) is 24.1 Å². The molecule has 2 N–H and O–H groups in total. The molecule has 0 aliphatic carbocycles. The molecule has 0 bridgehead atoms. The number of nitriles is 1. The van der Waals surface area contributed by atoms with Crippen molar-refractivity contribution in [2.24, 2.45) is 5.73 Å². The molecule has 0 aromatic carbocycles. The number of hydrogen-bond acceptors (Lipinski definition) is 4. The second-order valence-electron chi connectivity index (χ2n) is 4.28. The van der Waals surface area contributed by atoms with Crippen molar-refractivity contribution in [2.75, 3.05) is 18.0 Å². The predicted molar refractivity (Wildman–Crippen MR) is 63.1 cm³/mol. The minimum absolute atomic E-state index is 0.197. The van der Waals surface area contributed by atoms with E-state index >= 15 is 0 Å². The fraction of sp³-hybridized carbons (Fsp3) is 0.500. The predicted octanol–water partition coefficient (Wildman–Crippen LogP) is 1.19. The van der Waals surface area contributed by atoms with Crippen molar-refractivity contribution in [3.63, 3.8) is 0 Å². The van der Waals surface area contributed by atoms with E-state index in [-0.39, 0.29) is 6.04 Å². The van der Waals surface area contributed by atoms with Crippen molar-refractivity contribution in [2.45, 2.75) is 25.8 Å². The van der Waals surface area contributed by atoms with Crippen LogP contribution in [0.4, 0.5) is 5.82 Å². The van der Waals surface area contributed by atoms with E-state index in [1.54, 1.807) is 0 Å². The summed E-state index contributed by atoms with van der Waals surface area (Å²) in [5, 5.41) is 9.06. The van der Waals surface area contributed by atoms with Crippen LogP contribution in [0.25, 0.3) is 0 Å². The molecule has 0 radical (unpaired) electrons. The van der Waals surface area contributed by atoms with E-state index in [1.165, 1.54) is 0 Å².